The summed E-state index contributed by atoms with van der Waals surface area (Å²) in [5.74, 6) is -0.505. The van der Waals surface area contributed by atoms with Crippen LogP contribution in [0.1, 0.15) is 15.9 Å². The summed E-state index contributed by atoms with van der Waals surface area (Å²) in [6, 6.07) is 22.7. The number of amides is 1. The average molecular weight is 377 g/mol. The van der Waals surface area contributed by atoms with Gasteiger partial charge in [0, 0.05) is 11.3 Å². The third-order valence-corrected chi connectivity index (χ3v) is 5.11. The Balaban J connectivity index is 1.85. The number of anilines is 2. The van der Waals surface area contributed by atoms with Gasteiger partial charge in [0.25, 0.3) is 15.9 Å². The molecule has 0 radical (unpaired) electrons. The van der Waals surface area contributed by atoms with E-state index in [0.29, 0.717) is 16.9 Å². The van der Waals surface area contributed by atoms with Crippen molar-refractivity contribution in [3.8, 4) is 6.07 Å². The van der Waals surface area contributed by atoms with Crippen LogP contribution in [0.4, 0.5) is 11.4 Å². The highest BCUT2D eigenvalue weighted by molar-refractivity contribution is 7.92. The van der Waals surface area contributed by atoms with E-state index in [9.17, 15) is 13.2 Å². The molecule has 27 heavy (non-hydrogen) atoms. The van der Waals surface area contributed by atoms with Crippen molar-refractivity contribution in [3.63, 3.8) is 0 Å². The molecular formula is C20H15N3O3S. The Bertz CT molecular complexity index is 1120. The summed E-state index contributed by atoms with van der Waals surface area (Å²) in [7, 11) is -3.84. The Morgan fingerprint density at radius 2 is 1.59 bits per heavy atom. The Morgan fingerprint density at radius 3 is 2.33 bits per heavy atom. The number of hydrogen-bond donors (Lipinski definition) is 2. The van der Waals surface area contributed by atoms with Crippen molar-refractivity contribution in [2.24, 2.45) is 0 Å². The maximum absolute atomic E-state index is 12.5. The normalized spacial score (nSPS) is 10.6. The van der Waals surface area contributed by atoms with Gasteiger partial charge in [0.15, 0.2) is 0 Å². The number of carbonyl (C=O) groups excluding carboxylic acids is 1. The fraction of sp³-hybridized carbons (Fsp3) is 0. The number of nitrogens with one attached hydrogen (secondary N) is 2. The maximum Gasteiger partial charge on any atom is 0.261 e. The zero-order valence-electron chi connectivity index (χ0n) is 14.1. The predicted molar refractivity (Wildman–Crippen MR) is 103 cm³/mol. The molecule has 3 aromatic rings. The molecule has 0 aliphatic heterocycles. The summed E-state index contributed by atoms with van der Waals surface area (Å²) >= 11 is 0. The van der Waals surface area contributed by atoms with Crippen LogP contribution in [0, 0.1) is 11.3 Å². The Labute approximate surface area is 157 Å². The molecule has 0 fully saturated rings. The molecule has 0 spiro atoms. The van der Waals surface area contributed by atoms with Crippen LogP contribution in [-0.2, 0) is 10.0 Å². The van der Waals surface area contributed by atoms with Gasteiger partial charge in [-0.2, -0.15) is 5.26 Å². The van der Waals surface area contributed by atoms with Crippen LogP contribution >= 0.6 is 0 Å². The van der Waals surface area contributed by atoms with E-state index in [2.05, 4.69) is 10.0 Å². The molecule has 2 N–H and O–H groups in total. The van der Waals surface area contributed by atoms with Gasteiger partial charge in [-0.05, 0) is 42.5 Å². The summed E-state index contributed by atoms with van der Waals surface area (Å²) in [6.45, 7) is 0. The fourth-order valence-corrected chi connectivity index (χ4v) is 3.51. The zero-order valence-corrected chi connectivity index (χ0v) is 14.9. The van der Waals surface area contributed by atoms with E-state index in [1.54, 1.807) is 54.6 Å². The van der Waals surface area contributed by atoms with Gasteiger partial charge >= 0.3 is 0 Å². The number of rotatable bonds is 5. The lowest BCUT2D eigenvalue weighted by Crippen LogP contribution is -2.16. The molecule has 0 unspecified atom stereocenters. The molecule has 6 nitrogen and oxygen atoms in total. The van der Waals surface area contributed by atoms with E-state index in [-0.39, 0.29) is 10.5 Å². The highest BCUT2D eigenvalue weighted by atomic mass is 32.2. The zero-order chi connectivity index (χ0) is 19.3. The molecule has 0 aliphatic rings. The number of hydrogen-bond acceptors (Lipinski definition) is 4. The Hall–Kier alpha value is -3.63. The van der Waals surface area contributed by atoms with E-state index in [1.165, 1.54) is 24.3 Å². The Morgan fingerprint density at radius 1 is 0.889 bits per heavy atom. The molecule has 0 heterocycles. The van der Waals surface area contributed by atoms with Crippen molar-refractivity contribution in [3.05, 3.63) is 90.0 Å². The fourth-order valence-electron chi connectivity index (χ4n) is 2.41. The van der Waals surface area contributed by atoms with Gasteiger partial charge in [-0.1, -0.05) is 36.4 Å². The maximum atomic E-state index is 12.5. The van der Waals surface area contributed by atoms with Crippen LogP contribution in [0.15, 0.2) is 83.8 Å². The predicted octanol–water partition coefficient (Wildman–Crippen LogP) is 3.61. The van der Waals surface area contributed by atoms with Crippen molar-refractivity contribution >= 4 is 27.3 Å². The minimum Gasteiger partial charge on any atom is -0.321 e. The SMILES string of the molecule is N#Cc1ccccc1NC(=O)c1cccc(S(=O)(=O)Nc2ccccc2)c1. The van der Waals surface area contributed by atoms with Crippen LogP contribution in [-0.4, -0.2) is 14.3 Å². The first kappa shape index (κ1) is 18.2. The molecular weight excluding hydrogens is 362 g/mol. The topological polar surface area (TPSA) is 99.1 Å². The minimum absolute atomic E-state index is 0.0347. The van der Waals surface area contributed by atoms with Crippen molar-refractivity contribution in [2.45, 2.75) is 4.90 Å². The van der Waals surface area contributed by atoms with Gasteiger partial charge in [0.05, 0.1) is 16.1 Å². The highest BCUT2D eigenvalue weighted by Gasteiger charge is 2.17. The van der Waals surface area contributed by atoms with Crippen molar-refractivity contribution in [1.29, 1.82) is 5.26 Å². The monoisotopic (exact) mass is 377 g/mol. The van der Waals surface area contributed by atoms with Crippen LogP contribution in [0.25, 0.3) is 0 Å². The van der Waals surface area contributed by atoms with Gasteiger partial charge in [-0.25, -0.2) is 8.42 Å². The van der Waals surface area contributed by atoms with E-state index >= 15 is 0 Å². The van der Waals surface area contributed by atoms with Gasteiger partial charge in [-0.3, -0.25) is 9.52 Å². The second-order valence-corrected chi connectivity index (χ2v) is 7.29. The molecule has 0 aromatic heterocycles. The lowest BCUT2D eigenvalue weighted by molar-refractivity contribution is 0.102. The lowest BCUT2D eigenvalue weighted by Gasteiger charge is -2.10. The van der Waals surface area contributed by atoms with Crippen molar-refractivity contribution in [2.75, 3.05) is 10.0 Å². The van der Waals surface area contributed by atoms with Gasteiger partial charge in [0.1, 0.15) is 6.07 Å². The molecule has 3 rings (SSSR count). The van der Waals surface area contributed by atoms with E-state index < -0.39 is 15.9 Å². The van der Waals surface area contributed by atoms with Crippen molar-refractivity contribution in [1.82, 2.24) is 0 Å². The summed E-state index contributed by atoms with van der Waals surface area (Å²) in [4.78, 5) is 12.4. The van der Waals surface area contributed by atoms with Crippen molar-refractivity contribution < 1.29 is 13.2 Å². The molecule has 1 amide bonds. The lowest BCUT2D eigenvalue weighted by atomic mass is 10.1. The smallest absolute Gasteiger partial charge is 0.261 e. The number of sulfonamides is 1. The van der Waals surface area contributed by atoms with Gasteiger partial charge in [0.2, 0.25) is 0 Å². The van der Waals surface area contributed by atoms with E-state index in [1.807, 2.05) is 6.07 Å². The Kier molecular flexibility index (Phi) is 5.20. The number of para-hydroxylation sites is 2. The van der Waals surface area contributed by atoms with Crippen LogP contribution in [0.3, 0.4) is 0 Å². The standard InChI is InChI=1S/C20H15N3O3S/c21-14-16-7-4-5-12-19(16)22-20(24)15-8-6-11-18(13-15)27(25,26)23-17-9-2-1-3-10-17/h1-13,23H,(H,22,24). The van der Waals surface area contributed by atoms with Crippen LogP contribution in [0.2, 0.25) is 0 Å². The quantitative estimate of drug-likeness (QED) is 0.709. The first-order valence-electron chi connectivity index (χ1n) is 7.98. The largest absolute Gasteiger partial charge is 0.321 e. The number of carbonyl (C=O) groups is 1. The molecule has 134 valence electrons. The second-order valence-electron chi connectivity index (χ2n) is 5.61. The van der Waals surface area contributed by atoms with Crippen LogP contribution in [0.5, 0.6) is 0 Å². The summed E-state index contributed by atoms with van der Waals surface area (Å²) in [5.41, 5.74) is 1.27. The van der Waals surface area contributed by atoms with E-state index in [0.717, 1.165) is 0 Å². The summed E-state index contributed by atoms with van der Waals surface area (Å²) in [6.07, 6.45) is 0. The van der Waals surface area contributed by atoms with E-state index in [4.69, 9.17) is 5.26 Å². The second kappa shape index (κ2) is 7.72. The highest BCUT2D eigenvalue weighted by Crippen LogP contribution is 2.19. The number of benzene rings is 3. The molecule has 0 bridgehead atoms. The molecule has 0 aliphatic carbocycles. The number of nitriles is 1. The molecule has 0 atom stereocenters. The third kappa shape index (κ3) is 4.32. The summed E-state index contributed by atoms with van der Waals surface area (Å²) in [5, 5.41) is 11.7. The summed E-state index contributed by atoms with van der Waals surface area (Å²) < 4.78 is 27.6. The molecule has 7 heteroatoms. The molecule has 3 aromatic carbocycles. The average Bonchev–Trinajstić information content (AvgIpc) is 2.69. The first-order chi connectivity index (χ1) is 13.0. The minimum atomic E-state index is -3.84. The first-order valence-corrected chi connectivity index (χ1v) is 9.46. The van der Waals surface area contributed by atoms with Crippen LogP contribution < -0.4 is 10.0 Å². The molecule has 0 saturated heterocycles. The third-order valence-electron chi connectivity index (χ3n) is 3.73. The van der Waals surface area contributed by atoms with Gasteiger partial charge in [-0.15, -0.1) is 0 Å². The number of nitrogens with zero attached hydrogens (tertiary/aromatic N) is 1. The van der Waals surface area contributed by atoms with Gasteiger partial charge < -0.3 is 5.32 Å². The molecule has 0 saturated carbocycles.